The van der Waals surface area contributed by atoms with Crippen molar-refractivity contribution in [2.75, 3.05) is 20.8 Å². The molecule has 0 unspecified atom stereocenters. The van der Waals surface area contributed by atoms with Gasteiger partial charge in [-0.2, -0.15) is 0 Å². The topological polar surface area (TPSA) is 195 Å². The third kappa shape index (κ3) is 12.1. The molecular formula is C45H51N3O13. The van der Waals surface area contributed by atoms with Gasteiger partial charge in [0.2, 0.25) is 0 Å². The molecule has 0 spiro atoms. The van der Waals surface area contributed by atoms with E-state index in [9.17, 15) is 20.2 Å². The van der Waals surface area contributed by atoms with E-state index in [2.05, 4.69) is 10.0 Å². The van der Waals surface area contributed by atoms with Gasteiger partial charge in [-0.15, -0.1) is 0 Å². The van der Waals surface area contributed by atoms with Crippen LogP contribution in [0.5, 0.6) is 5.75 Å². The van der Waals surface area contributed by atoms with Crippen molar-refractivity contribution in [1.29, 1.82) is 0 Å². The SMILES string of the molecule is COC(=O)[C@@H]1O[C@@H](OC(C)C)[C@H](OC(=O)c2ccccc2)[C@@H](OCc2ccccc2)[C@@H]1O[C@H]1O[C@H](COCc2ccc(OC)cc2)[C@@H](O)[C@H](OCc2ccccc2)[C@H]1N=[N+]=[N-]. The van der Waals surface area contributed by atoms with E-state index in [1.165, 1.54) is 7.11 Å². The summed E-state index contributed by atoms with van der Waals surface area (Å²) < 4.78 is 61.1. The Labute approximate surface area is 354 Å². The van der Waals surface area contributed by atoms with Crippen LogP contribution in [0.2, 0.25) is 0 Å². The van der Waals surface area contributed by atoms with Gasteiger partial charge in [0, 0.05) is 4.91 Å². The van der Waals surface area contributed by atoms with Gasteiger partial charge < -0.3 is 52.5 Å². The van der Waals surface area contributed by atoms with Crippen molar-refractivity contribution in [2.24, 2.45) is 5.11 Å². The number of hydrogen-bond donors (Lipinski definition) is 1. The minimum atomic E-state index is -1.56. The second-order valence-corrected chi connectivity index (χ2v) is 14.6. The number of hydrogen-bond acceptors (Lipinski definition) is 14. The van der Waals surface area contributed by atoms with Crippen LogP contribution in [0.1, 0.15) is 40.9 Å². The van der Waals surface area contributed by atoms with Crippen molar-refractivity contribution in [1.82, 2.24) is 0 Å². The number of methoxy groups -OCH3 is 2. The van der Waals surface area contributed by atoms with E-state index in [4.69, 9.17) is 47.4 Å². The Morgan fingerprint density at radius 2 is 1.33 bits per heavy atom. The molecule has 0 saturated carbocycles. The first-order chi connectivity index (χ1) is 29.7. The Morgan fingerprint density at radius 3 is 1.90 bits per heavy atom. The third-order valence-electron chi connectivity index (χ3n) is 9.99. The number of esters is 2. The highest BCUT2D eigenvalue weighted by Crippen LogP contribution is 2.36. The lowest BCUT2D eigenvalue weighted by atomic mass is 9.95. The molecule has 4 aromatic carbocycles. The number of carbonyl (C=O) groups excluding carboxylic acids is 2. The standard InChI is InChI=1S/C45H51N3O13/c1-28(2)57-45-41(59-42(50)32-18-12-7-13-19-32)38(56-26-30-16-10-6-11-17-30)39(40(61-45)43(51)53-4)60-44-35(47-48-46)37(55-25-29-14-8-5-9-15-29)36(49)34(58-44)27-54-24-31-20-22-33(52-3)23-21-31/h5-23,28,34-41,44-45,49H,24-27H2,1-4H3/t34-,35-,36-,37-,38+,39+,40-,41-,44-,45-/m1/s1. The quantitative estimate of drug-likeness (QED) is 0.0494. The summed E-state index contributed by atoms with van der Waals surface area (Å²) in [5.41, 5.74) is 12.5. The van der Waals surface area contributed by atoms with E-state index in [1.54, 1.807) is 63.4 Å². The monoisotopic (exact) mass is 841 g/mol. The van der Waals surface area contributed by atoms with Gasteiger partial charge in [0.25, 0.3) is 0 Å². The van der Waals surface area contributed by atoms with Crippen LogP contribution >= 0.6 is 0 Å². The van der Waals surface area contributed by atoms with Gasteiger partial charge in [-0.25, -0.2) is 9.59 Å². The van der Waals surface area contributed by atoms with Crippen LogP contribution in [0.15, 0.2) is 120 Å². The first-order valence-electron chi connectivity index (χ1n) is 19.9. The Hall–Kier alpha value is -5.39. The second-order valence-electron chi connectivity index (χ2n) is 14.6. The summed E-state index contributed by atoms with van der Waals surface area (Å²) in [5.74, 6) is -0.905. The van der Waals surface area contributed by atoms with Gasteiger partial charge in [-0.05, 0) is 60.3 Å². The largest absolute Gasteiger partial charge is 0.497 e. The lowest BCUT2D eigenvalue weighted by Crippen LogP contribution is -2.66. The average Bonchev–Trinajstić information content (AvgIpc) is 3.28. The highest BCUT2D eigenvalue weighted by molar-refractivity contribution is 5.89. The van der Waals surface area contributed by atoms with E-state index in [0.717, 1.165) is 16.7 Å². The van der Waals surface area contributed by atoms with Crippen molar-refractivity contribution in [2.45, 2.75) is 101 Å². The molecule has 2 fully saturated rings. The highest BCUT2D eigenvalue weighted by Gasteiger charge is 2.56. The predicted octanol–water partition coefficient (Wildman–Crippen LogP) is 6.08. The maximum Gasteiger partial charge on any atom is 0.338 e. The minimum absolute atomic E-state index is 0.0258. The summed E-state index contributed by atoms with van der Waals surface area (Å²) in [6.07, 6.45) is -12.7. The van der Waals surface area contributed by atoms with Crippen molar-refractivity contribution < 1.29 is 62.1 Å². The lowest BCUT2D eigenvalue weighted by Gasteiger charge is -2.48. The Kier molecular flexibility index (Phi) is 16.6. The molecular weight excluding hydrogens is 791 g/mol. The molecule has 4 aromatic rings. The van der Waals surface area contributed by atoms with E-state index in [1.807, 2.05) is 72.8 Å². The molecule has 0 radical (unpaired) electrons. The number of aliphatic hydroxyl groups is 1. The zero-order valence-corrected chi connectivity index (χ0v) is 34.3. The first-order valence-corrected chi connectivity index (χ1v) is 19.9. The number of azide groups is 1. The van der Waals surface area contributed by atoms with Gasteiger partial charge >= 0.3 is 11.9 Å². The average molecular weight is 842 g/mol. The molecule has 16 heteroatoms. The van der Waals surface area contributed by atoms with Crippen molar-refractivity contribution in [3.8, 4) is 5.75 Å². The summed E-state index contributed by atoms with van der Waals surface area (Å²) in [7, 11) is 2.76. The van der Waals surface area contributed by atoms with Crippen LogP contribution in [0, 0.1) is 0 Å². The molecule has 2 aliphatic rings. The van der Waals surface area contributed by atoms with Gasteiger partial charge in [0.1, 0.15) is 36.2 Å². The number of benzene rings is 4. The van der Waals surface area contributed by atoms with Gasteiger partial charge in [-0.3, -0.25) is 0 Å². The van der Waals surface area contributed by atoms with Gasteiger partial charge in [-0.1, -0.05) is 96.1 Å². The predicted molar refractivity (Wildman–Crippen MR) is 218 cm³/mol. The minimum Gasteiger partial charge on any atom is -0.497 e. The number of rotatable bonds is 19. The van der Waals surface area contributed by atoms with Crippen LogP contribution in [0.4, 0.5) is 0 Å². The molecule has 0 aliphatic carbocycles. The summed E-state index contributed by atoms with van der Waals surface area (Å²) in [6, 6.07) is 32.7. The first kappa shape index (κ1) is 45.1. The number of ether oxygens (including phenoxy) is 10. The molecule has 2 heterocycles. The maximum atomic E-state index is 13.7. The highest BCUT2D eigenvalue weighted by atomic mass is 16.8. The Morgan fingerprint density at radius 1 is 0.738 bits per heavy atom. The third-order valence-corrected chi connectivity index (χ3v) is 9.99. The molecule has 6 rings (SSSR count). The fourth-order valence-corrected chi connectivity index (χ4v) is 6.96. The summed E-state index contributed by atoms with van der Waals surface area (Å²) in [6.45, 7) is 3.51. The normalized spacial score (nSPS) is 26.2. The van der Waals surface area contributed by atoms with Crippen LogP contribution in [0.3, 0.4) is 0 Å². The summed E-state index contributed by atoms with van der Waals surface area (Å²) in [4.78, 5) is 30.5. The molecule has 2 aliphatic heterocycles. The van der Waals surface area contributed by atoms with Crippen molar-refractivity contribution in [3.05, 3.63) is 148 Å². The van der Waals surface area contributed by atoms with Crippen molar-refractivity contribution in [3.63, 3.8) is 0 Å². The van der Waals surface area contributed by atoms with Gasteiger partial charge in [0.15, 0.2) is 24.8 Å². The molecule has 0 aromatic heterocycles. The lowest BCUT2D eigenvalue weighted by molar-refractivity contribution is -0.349. The summed E-state index contributed by atoms with van der Waals surface area (Å²) >= 11 is 0. The number of aliphatic hydroxyl groups excluding tert-OH is 1. The second kappa shape index (κ2) is 22.5. The molecule has 324 valence electrons. The molecule has 0 bridgehead atoms. The molecule has 61 heavy (non-hydrogen) atoms. The van der Waals surface area contributed by atoms with E-state index < -0.39 is 79.4 Å². The van der Waals surface area contributed by atoms with Crippen molar-refractivity contribution >= 4 is 11.9 Å². The van der Waals surface area contributed by atoms with E-state index >= 15 is 0 Å². The van der Waals surface area contributed by atoms with E-state index in [-0.39, 0.29) is 32.0 Å². The number of carbonyl (C=O) groups is 2. The zero-order chi connectivity index (χ0) is 43.1. The van der Waals surface area contributed by atoms with E-state index in [0.29, 0.717) is 5.75 Å². The van der Waals surface area contributed by atoms with Crippen LogP contribution in [0.25, 0.3) is 10.4 Å². The smallest absolute Gasteiger partial charge is 0.338 e. The maximum absolute atomic E-state index is 13.7. The van der Waals surface area contributed by atoms with Crippen LogP contribution < -0.4 is 4.74 Å². The van der Waals surface area contributed by atoms with Gasteiger partial charge in [0.05, 0.1) is 58.4 Å². The molecule has 16 nitrogen and oxygen atoms in total. The Balaban J connectivity index is 1.37. The van der Waals surface area contributed by atoms with Crippen LogP contribution in [-0.4, -0.2) is 105 Å². The zero-order valence-electron chi connectivity index (χ0n) is 34.3. The molecule has 1 N–H and O–H groups in total. The summed E-state index contributed by atoms with van der Waals surface area (Å²) in [5, 5.41) is 15.8. The molecule has 0 amide bonds. The molecule has 10 atom stereocenters. The number of nitrogens with zero attached hydrogens (tertiary/aromatic N) is 3. The van der Waals surface area contributed by atoms with Crippen LogP contribution in [-0.2, 0) is 67.2 Å². The Bertz CT molecular complexity index is 2000. The molecule has 2 saturated heterocycles. The fraction of sp³-hybridized carbons (Fsp3) is 0.422. The fourth-order valence-electron chi connectivity index (χ4n) is 6.96.